The average Bonchev–Trinajstić information content (AvgIpc) is 2.65. The van der Waals surface area contributed by atoms with Crippen molar-refractivity contribution in [1.29, 1.82) is 0 Å². The molecule has 0 aliphatic heterocycles. The van der Waals surface area contributed by atoms with Crippen LogP contribution >= 0.6 is 0 Å². The number of rotatable bonds is 7. The van der Waals surface area contributed by atoms with Crippen LogP contribution in [0.3, 0.4) is 0 Å². The van der Waals surface area contributed by atoms with Crippen molar-refractivity contribution in [2.45, 2.75) is 6.61 Å². The van der Waals surface area contributed by atoms with Crippen molar-refractivity contribution in [3.05, 3.63) is 84.2 Å². The van der Waals surface area contributed by atoms with Crippen LogP contribution in [-0.2, 0) is 6.61 Å². The molecule has 3 rings (SSSR count). The molecule has 0 fully saturated rings. The van der Waals surface area contributed by atoms with Crippen LogP contribution in [0.1, 0.15) is 5.56 Å². The monoisotopic (exact) mass is 338 g/mol. The van der Waals surface area contributed by atoms with E-state index in [0.29, 0.717) is 17.9 Å². The first-order valence-corrected chi connectivity index (χ1v) is 8.06. The Bertz CT molecular complexity index is 801. The van der Waals surface area contributed by atoms with Crippen LogP contribution in [0.4, 0.5) is 4.39 Å². The number of benzene rings is 3. The summed E-state index contributed by atoms with van der Waals surface area (Å²) < 4.78 is 24.8. The van der Waals surface area contributed by atoms with Crippen molar-refractivity contribution in [2.75, 3.05) is 13.2 Å². The van der Waals surface area contributed by atoms with Crippen molar-refractivity contribution in [2.24, 2.45) is 0 Å². The van der Waals surface area contributed by atoms with E-state index >= 15 is 0 Å². The molecular formula is C21H19FO3. The van der Waals surface area contributed by atoms with Crippen molar-refractivity contribution in [3.8, 4) is 22.6 Å². The van der Waals surface area contributed by atoms with Crippen LogP contribution in [0.25, 0.3) is 11.1 Å². The van der Waals surface area contributed by atoms with Crippen molar-refractivity contribution in [3.63, 3.8) is 0 Å². The second kappa shape index (κ2) is 8.31. The van der Waals surface area contributed by atoms with Gasteiger partial charge in [-0.1, -0.05) is 42.5 Å². The molecule has 0 aliphatic carbocycles. The minimum atomic E-state index is -0.380. The van der Waals surface area contributed by atoms with Gasteiger partial charge < -0.3 is 14.6 Å². The van der Waals surface area contributed by atoms with Crippen LogP contribution in [0.2, 0.25) is 0 Å². The lowest BCUT2D eigenvalue weighted by molar-refractivity contribution is 0.201. The van der Waals surface area contributed by atoms with E-state index in [1.54, 1.807) is 6.07 Å². The standard InChI is InChI=1S/C21H19FO3/c22-19-12-18(13-21(14-19)24-11-10-23)17-6-8-20(9-7-17)25-15-16-4-2-1-3-5-16/h1-9,12-14,23H,10-11,15H2. The highest BCUT2D eigenvalue weighted by Gasteiger charge is 2.05. The SMILES string of the molecule is OCCOc1cc(F)cc(-c2ccc(OCc3ccccc3)cc2)c1. The topological polar surface area (TPSA) is 38.7 Å². The molecule has 4 heteroatoms. The first-order valence-electron chi connectivity index (χ1n) is 8.06. The summed E-state index contributed by atoms with van der Waals surface area (Å²) in [5, 5.41) is 8.81. The number of hydrogen-bond acceptors (Lipinski definition) is 3. The van der Waals surface area contributed by atoms with Gasteiger partial charge in [-0.25, -0.2) is 4.39 Å². The van der Waals surface area contributed by atoms with Crippen molar-refractivity contribution >= 4 is 0 Å². The van der Waals surface area contributed by atoms with E-state index in [0.717, 1.165) is 16.9 Å². The molecule has 0 radical (unpaired) electrons. The molecule has 1 N–H and O–H groups in total. The molecule has 0 bridgehead atoms. The molecule has 0 atom stereocenters. The highest BCUT2D eigenvalue weighted by molar-refractivity contribution is 5.66. The number of aliphatic hydroxyl groups is 1. The number of aliphatic hydroxyl groups excluding tert-OH is 1. The zero-order valence-electron chi connectivity index (χ0n) is 13.7. The molecule has 3 nitrogen and oxygen atoms in total. The smallest absolute Gasteiger partial charge is 0.127 e. The largest absolute Gasteiger partial charge is 0.491 e. The van der Waals surface area contributed by atoms with Crippen LogP contribution in [0.15, 0.2) is 72.8 Å². The zero-order chi connectivity index (χ0) is 17.5. The Morgan fingerprint density at radius 1 is 0.760 bits per heavy atom. The lowest BCUT2D eigenvalue weighted by Gasteiger charge is -2.10. The van der Waals surface area contributed by atoms with Gasteiger partial charge in [0, 0.05) is 6.07 Å². The Kier molecular flexibility index (Phi) is 5.65. The lowest BCUT2D eigenvalue weighted by Crippen LogP contribution is -2.02. The number of halogens is 1. The van der Waals surface area contributed by atoms with Crippen molar-refractivity contribution < 1.29 is 19.0 Å². The summed E-state index contributed by atoms with van der Waals surface area (Å²) in [7, 11) is 0. The molecular weight excluding hydrogens is 319 g/mol. The van der Waals surface area contributed by atoms with Gasteiger partial charge in [0.05, 0.1) is 6.61 Å². The average molecular weight is 338 g/mol. The summed E-state index contributed by atoms with van der Waals surface area (Å²) in [5.74, 6) is 0.768. The predicted octanol–water partition coefficient (Wildman–Crippen LogP) is 4.44. The predicted molar refractivity (Wildman–Crippen MR) is 95.2 cm³/mol. The first kappa shape index (κ1) is 17.0. The highest BCUT2D eigenvalue weighted by atomic mass is 19.1. The van der Waals surface area contributed by atoms with Gasteiger partial charge in [-0.05, 0) is 41.0 Å². The summed E-state index contributed by atoms with van der Waals surface area (Å²) in [4.78, 5) is 0. The molecule has 128 valence electrons. The third kappa shape index (κ3) is 4.81. The summed E-state index contributed by atoms with van der Waals surface area (Å²) in [6, 6.07) is 21.9. The first-order chi connectivity index (χ1) is 12.2. The molecule has 0 heterocycles. The molecule has 0 unspecified atom stereocenters. The molecule has 0 saturated heterocycles. The van der Waals surface area contributed by atoms with Crippen LogP contribution in [-0.4, -0.2) is 18.3 Å². The van der Waals surface area contributed by atoms with Gasteiger partial charge in [0.2, 0.25) is 0 Å². The van der Waals surface area contributed by atoms with Crippen molar-refractivity contribution in [1.82, 2.24) is 0 Å². The zero-order valence-corrected chi connectivity index (χ0v) is 13.7. The Morgan fingerprint density at radius 2 is 1.52 bits per heavy atom. The van der Waals surface area contributed by atoms with Crippen LogP contribution < -0.4 is 9.47 Å². The van der Waals surface area contributed by atoms with E-state index in [9.17, 15) is 4.39 Å². The minimum Gasteiger partial charge on any atom is -0.491 e. The van der Waals surface area contributed by atoms with E-state index in [-0.39, 0.29) is 19.0 Å². The van der Waals surface area contributed by atoms with E-state index in [1.807, 2.05) is 54.6 Å². The number of hydrogen-bond donors (Lipinski definition) is 1. The molecule has 0 amide bonds. The number of ether oxygens (including phenoxy) is 2. The van der Waals surface area contributed by atoms with Gasteiger partial charge >= 0.3 is 0 Å². The van der Waals surface area contributed by atoms with Gasteiger partial charge in [-0.2, -0.15) is 0 Å². The Morgan fingerprint density at radius 3 is 2.24 bits per heavy atom. The maximum absolute atomic E-state index is 13.8. The van der Waals surface area contributed by atoms with Gasteiger partial charge in [-0.15, -0.1) is 0 Å². The molecule has 0 aromatic heterocycles. The summed E-state index contributed by atoms with van der Waals surface area (Å²) in [6.07, 6.45) is 0. The fourth-order valence-corrected chi connectivity index (χ4v) is 2.46. The van der Waals surface area contributed by atoms with Gasteiger partial charge in [0.25, 0.3) is 0 Å². The van der Waals surface area contributed by atoms with E-state index in [2.05, 4.69) is 0 Å². The third-order valence-electron chi connectivity index (χ3n) is 3.67. The molecule has 0 aliphatic rings. The quantitative estimate of drug-likeness (QED) is 0.692. The highest BCUT2D eigenvalue weighted by Crippen LogP contribution is 2.27. The molecule has 25 heavy (non-hydrogen) atoms. The van der Waals surface area contributed by atoms with Gasteiger partial charge in [0.15, 0.2) is 0 Å². The molecule has 0 saturated carbocycles. The van der Waals surface area contributed by atoms with Crippen LogP contribution in [0.5, 0.6) is 11.5 Å². The maximum Gasteiger partial charge on any atom is 0.127 e. The van der Waals surface area contributed by atoms with E-state index < -0.39 is 0 Å². The third-order valence-corrected chi connectivity index (χ3v) is 3.67. The van der Waals surface area contributed by atoms with E-state index in [4.69, 9.17) is 14.6 Å². The Hall–Kier alpha value is -2.85. The van der Waals surface area contributed by atoms with Gasteiger partial charge in [0.1, 0.15) is 30.5 Å². The molecule has 3 aromatic carbocycles. The Balaban J connectivity index is 1.70. The van der Waals surface area contributed by atoms with Gasteiger partial charge in [-0.3, -0.25) is 0 Å². The fraction of sp³-hybridized carbons (Fsp3) is 0.143. The second-order valence-electron chi connectivity index (χ2n) is 5.55. The van der Waals surface area contributed by atoms with Crippen LogP contribution in [0, 0.1) is 5.82 Å². The fourth-order valence-electron chi connectivity index (χ4n) is 2.46. The lowest BCUT2D eigenvalue weighted by atomic mass is 10.1. The minimum absolute atomic E-state index is 0.112. The summed E-state index contributed by atoms with van der Waals surface area (Å²) >= 11 is 0. The normalized spacial score (nSPS) is 10.5. The molecule has 0 spiro atoms. The Labute approximate surface area is 146 Å². The summed E-state index contributed by atoms with van der Waals surface area (Å²) in [6.45, 7) is 0.522. The maximum atomic E-state index is 13.8. The molecule has 3 aromatic rings. The van der Waals surface area contributed by atoms with E-state index in [1.165, 1.54) is 12.1 Å². The second-order valence-corrected chi connectivity index (χ2v) is 5.55. The summed E-state index contributed by atoms with van der Waals surface area (Å²) in [5.41, 5.74) is 2.67.